The maximum absolute atomic E-state index is 13.7. The Kier molecular flexibility index (Phi) is 11.5. The minimum absolute atomic E-state index is 0.00546. The van der Waals surface area contributed by atoms with E-state index in [0.29, 0.717) is 25.9 Å². The number of benzene rings is 1. The van der Waals surface area contributed by atoms with Crippen molar-refractivity contribution in [2.45, 2.75) is 62.4 Å². The maximum atomic E-state index is 13.7. The van der Waals surface area contributed by atoms with Crippen LogP contribution in [0.2, 0.25) is 0 Å². The highest BCUT2D eigenvalue weighted by molar-refractivity contribution is 7.89. The van der Waals surface area contributed by atoms with Crippen LogP contribution >= 0.6 is 0 Å². The van der Waals surface area contributed by atoms with Crippen molar-refractivity contribution in [3.63, 3.8) is 0 Å². The van der Waals surface area contributed by atoms with Gasteiger partial charge in [0.1, 0.15) is 12.4 Å². The van der Waals surface area contributed by atoms with Crippen LogP contribution in [0.25, 0.3) is 0 Å². The van der Waals surface area contributed by atoms with Crippen LogP contribution in [0, 0.1) is 5.92 Å². The van der Waals surface area contributed by atoms with Gasteiger partial charge in [0.25, 0.3) is 0 Å². The summed E-state index contributed by atoms with van der Waals surface area (Å²) in [6.07, 6.45) is 4.02. The number of sulfonamides is 1. The highest BCUT2D eigenvalue weighted by Crippen LogP contribution is 2.28. The second kappa shape index (κ2) is 14.8. The van der Waals surface area contributed by atoms with Crippen molar-refractivity contribution in [3.05, 3.63) is 29.8 Å². The Hall–Kier alpha value is -3.72. The lowest BCUT2D eigenvalue weighted by atomic mass is 9.98. The topological polar surface area (TPSA) is 201 Å². The first-order valence-corrected chi connectivity index (χ1v) is 15.1. The average molecular weight is 595 g/mol. The Labute approximate surface area is 239 Å². The number of likely N-dealkylation sites (tertiary alicyclic amines) is 1. The van der Waals surface area contributed by atoms with E-state index in [1.807, 2.05) is 4.90 Å². The first-order chi connectivity index (χ1) is 19.6. The molecule has 2 atom stereocenters. The van der Waals surface area contributed by atoms with Crippen LogP contribution in [-0.4, -0.2) is 98.3 Å². The number of nitrogens with one attached hydrogen (secondary N) is 2. The molecule has 0 aromatic heterocycles. The number of amides is 2. The lowest BCUT2D eigenvalue weighted by molar-refractivity contribution is -0.144. The second-order valence-corrected chi connectivity index (χ2v) is 11.8. The number of hydrogen-bond donors (Lipinski definition) is 4. The van der Waals surface area contributed by atoms with E-state index in [0.717, 1.165) is 31.5 Å². The molecule has 1 aliphatic heterocycles. The van der Waals surface area contributed by atoms with Crippen molar-refractivity contribution in [1.82, 2.24) is 19.8 Å². The molecule has 41 heavy (non-hydrogen) atoms. The van der Waals surface area contributed by atoms with E-state index in [2.05, 4.69) is 15.1 Å². The zero-order chi connectivity index (χ0) is 30.0. The van der Waals surface area contributed by atoms with Crippen molar-refractivity contribution < 1.29 is 37.4 Å². The number of hydrogen-bond acceptors (Lipinski definition) is 9. The van der Waals surface area contributed by atoms with Crippen LogP contribution in [0.4, 0.5) is 0 Å². The molecular weight excluding hydrogens is 556 g/mol. The standard InChI is InChI=1S/C26H38N6O8S/c1-2-40-24(34)11-13-32(19-9-10-19)25(35)21(30-41(38,39)22-8-4-3-7-20(22)26(36)37)14-23(33)28-15-18-6-5-12-31(16-18)17-29-27/h3-4,7-8,17-19,21,30H,2,5-6,9-16,27H2,1H3,(H,28,33)(H,36,37)/t18-,21-/m0/s1. The smallest absolute Gasteiger partial charge is 0.337 e. The van der Waals surface area contributed by atoms with Gasteiger partial charge in [0.2, 0.25) is 21.8 Å². The lowest BCUT2D eigenvalue weighted by Crippen LogP contribution is -2.52. The number of carbonyl (C=O) groups is 4. The molecule has 14 nitrogen and oxygen atoms in total. The van der Waals surface area contributed by atoms with Crippen molar-refractivity contribution in [2.24, 2.45) is 16.9 Å². The Morgan fingerprint density at radius 1 is 1.24 bits per heavy atom. The fraction of sp³-hybridized carbons (Fsp3) is 0.577. The van der Waals surface area contributed by atoms with Crippen LogP contribution in [0.15, 0.2) is 34.3 Å². The van der Waals surface area contributed by atoms with E-state index in [4.69, 9.17) is 10.6 Å². The number of esters is 1. The molecule has 1 saturated carbocycles. The molecule has 15 heteroatoms. The van der Waals surface area contributed by atoms with Gasteiger partial charge in [-0.3, -0.25) is 14.4 Å². The molecule has 3 rings (SSSR count). The molecule has 0 spiro atoms. The van der Waals surface area contributed by atoms with Gasteiger partial charge in [-0.15, -0.1) is 0 Å². The van der Waals surface area contributed by atoms with Gasteiger partial charge in [-0.25, -0.2) is 13.2 Å². The number of aromatic carboxylic acids is 1. The third-order valence-corrected chi connectivity index (χ3v) is 8.42. The number of piperidine rings is 1. The summed E-state index contributed by atoms with van der Waals surface area (Å²) in [4.78, 5) is 53.2. The highest BCUT2D eigenvalue weighted by Gasteiger charge is 2.39. The van der Waals surface area contributed by atoms with Crippen LogP contribution in [0.1, 0.15) is 55.8 Å². The summed E-state index contributed by atoms with van der Waals surface area (Å²) in [7, 11) is -4.54. The number of nitrogens with two attached hydrogens (primary N) is 1. The summed E-state index contributed by atoms with van der Waals surface area (Å²) < 4.78 is 33.9. The molecule has 1 aromatic rings. The molecule has 1 heterocycles. The van der Waals surface area contributed by atoms with Gasteiger partial charge in [-0.05, 0) is 50.7 Å². The molecule has 1 aliphatic carbocycles. The maximum Gasteiger partial charge on any atom is 0.337 e. The molecule has 5 N–H and O–H groups in total. The minimum Gasteiger partial charge on any atom is -0.478 e. The third kappa shape index (κ3) is 9.42. The fourth-order valence-electron chi connectivity index (χ4n) is 4.79. The summed E-state index contributed by atoms with van der Waals surface area (Å²) in [5.41, 5.74) is -0.472. The number of rotatable bonds is 15. The van der Waals surface area contributed by atoms with E-state index in [1.165, 1.54) is 23.4 Å². The van der Waals surface area contributed by atoms with Gasteiger partial charge in [-0.1, -0.05) is 12.1 Å². The third-order valence-electron chi connectivity index (χ3n) is 6.89. The quantitative estimate of drug-likeness (QED) is 0.0709. The van der Waals surface area contributed by atoms with E-state index in [9.17, 15) is 32.7 Å². The Morgan fingerprint density at radius 2 is 1.98 bits per heavy atom. The van der Waals surface area contributed by atoms with Crippen LogP contribution < -0.4 is 15.9 Å². The molecule has 226 valence electrons. The zero-order valence-electron chi connectivity index (χ0n) is 23.0. The average Bonchev–Trinajstić information content (AvgIpc) is 3.77. The second-order valence-electron chi connectivity index (χ2n) is 10.1. The largest absolute Gasteiger partial charge is 0.478 e. The van der Waals surface area contributed by atoms with Crippen molar-refractivity contribution in [3.8, 4) is 0 Å². The number of carboxylic acids is 1. The SMILES string of the molecule is CCOC(=O)CCN(C(=O)[C@H](CC(=O)NC[C@@H]1CCCN(C=NN)C1)NS(=O)(=O)c1ccccc1C(=O)O)C1CC1. The molecule has 0 unspecified atom stereocenters. The summed E-state index contributed by atoms with van der Waals surface area (Å²) >= 11 is 0. The summed E-state index contributed by atoms with van der Waals surface area (Å²) in [5, 5.41) is 15.8. The predicted molar refractivity (Wildman–Crippen MR) is 148 cm³/mol. The summed E-state index contributed by atoms with van der Waals surface area (Å²) in [6, 6.07) is 3.27. The van der Waals surface area contributed by atoms with Crippen molar-refractivity contribution in [1.29, 1.82) is 0 Å². The van der Waals surface area contributed by atoms with Crippen molar-refractivity contribution in [2.75, 3.05) is 32.8 Å². The van der Waals surface area contributed by atoms with E-state index >= 15 is 0 Å². The van der Waals surface area contributed by atoms with Gasteiger partial charge < -0.3 is 30.8 Å². The first-order valence-electron chi connectivity index (χ1n) is 13.6. The molecule has 1 saturated heterocycles. The van der Waals surface area contributed by atoms with E-state index in [1.54, 1.807) is 6.92 Å². The van der Waals surface area contributed by atoms with Gasteiger partial charge in [0.15, 0.2) is 0 Å². The number of ether oxygens (including phenoxy) is 1. The molecule has 2 aliphatic rings. The zero-order valence-corrected chi connectivity index (χ0v) is 23.8. The van der Waals surface area contributed by atoms with Crippen LogP contribution in [0.5, 0.6) is 0 Å². The number of carboxylic acid groups (broad SMARTS) is 1. The van der Waals surface area contributed by atoms with E-state index < -0.39 is 56.7 Å². The number of nitrogens with zero attached hydrogens (tertiary/aromatic N) is 3. The molecule has 2 amide bonds. The molecule has 0 bridgehead atoms. The lowest BCUT2D eigenvalue weighted by Gasteiger charge is -2.31. The van der Waals surface area contributed by atoms with Gasteiger partial charge in [0.05, 0.1) is 29.9 Å². The number of carbonyl (C=O) groups excluding carboxylic acids is 3. The van der Waals surface area contributed by atoms with Gasteiger partial charge in [0, 0.05) is 32.2 Å². The van der Waals surface area contributed by atoms with Crippen molar-refractivity contribution >= 4 is 40.1 Å². The van der Waals surface area contributed by atoms with E-state index in [-0.39, 0.29) is 31.5 Å². The molecule has 0 radical (unpaired) electrons. The van der Waals surface area contributed by atoms with Crippen LogP contribution in [0.3, 0.4) is 0 Å². The Balaban J connectivity index is 1.78. The normalized spacial score (nSPS) is 18.1. The highest BCUT2D eigenvalue weighted by atomic mass is 32.2. The monoisotopic (exact) mass is 594 g/mol. The summed E-state index contributed by atoms with van der Waals surface area (Å²) in [6.45, 7) is 3.57. The summed E-state index contributed by atoms with van der Waals surface area (Å²) in [5.74, 6) is 2.16. The first kappa shape index (κ1) is 31.8. The number of hydrazone groups is 1. The molecule has 1 aromatic carbocycles. The van der Waals surface area contributed by atoms with Gasteiger partial charge >= 0.3 is 11.9 Å². The van der Waals surface area contributed by atoms with Gasteiger partial charge in [-0.2, -0.15) is 9.82 Å². The Bertz CT molecular complexity index is 1240. The fourth-order valence-corrected chi connectivity index (χ4v) is 6.18. The molecule has 2 fully saturated rings. The molecular formula is C26H38N6O8S. The van der Waals surface area contributed by atoms with Crippen LogP contribution in [-0.2, 0) is 29.1 Å². The Morgan fingerprint density at radius 3 is 2.63 bits per heavy atom. The predicted octanol–water partition coefficient (Wildman–Crippen LogP) is 0.0962. The minimum atomic E-state index is -4.54.